The number of para-hydroxylation sites is 1. The first-order valence-corrected chi connectivity index (χ1v) is 16.8. The van der Waals surface area contributed by atoms with E-state index >= 15 is 0 Å². The van der Waals surface area contributed by atoms with Gasteiger partial charge in [0.1, 0.15) is 11.2 Å². The minimum absolute atomic E-state index is 0.644. The van der Waals surface area contributed by atoms with E-state index in [4.69, 9.17) is 19.4 Å². The first-order chi connectivity index (χ1) is 23.8. The highest BCUT2D eigenvalue weighted by molar-refractivity contribution is 7.25. The third-order valence-electron chi connectivity index (χ3n) is 9.16. The van der Waals surface area contributed by atoms with Crippen molar-refractivity contribution in [3.8, 4) is 45.3 Å². The highest BCUT2D eigenvalue weighted by Crippen LogP contribution is 2.41. The fourth-order valence-electron chi connectivity index (χ4n) is 6.95. The molecule has 7 aromatic carbocycles. The maximum Gasteiger partial charge on any atom is 0.164 e. The molecule has 0 N–H and O–H groups in total. The van der Waals surface area contributed by atoms with Gasteiger partial charge < -0.3 is 4.42 Å². The summed E-state index contributed by atoms with van der Waals surface area (Å²) >= 11 is 1.80. The lowest BCUT2D eigenvalue weighted by atomic mass is 9.93. The van der Waals surface area contributed by atoms with E-state index in [0.29, 0.717) is 17.5 Å². The Kier molecular flexibility index (Phi) is 6.01. The third kappa shape index (κ3) is 4.25. The standard InChI is InChI=1S/C43H25N3OS/c1-2-11-26(12-3-1)41-44-42(27-23-24-32-31-13-5-7-22-38(31)48-39(32)25-27)46-43(45-41)34-19-9-15-28-29(16-8-17-30(28)34)33-18-10-21-37-40(33)35-14-4-6-20-36(35)47-37/h1-25H. The Morgan fingerprint density at radius 1 is 0.375 bits per heavy atom. The average molecular weight is 632 g/mol. The van der Waals surface area contributed by atoms with Crippen molar-refractivity contribution in [1.82, 2.24) is 15.0 Å². The number of aromatic nitrogens is 3. The Hall–Kier alpha value is -6.17. The molecule has 4 nitrogen and oxygen atoms in total. The van der Waals surface area contributed by atoms with E-state index in [0.717, 1.165) is 60.5 Å². The second kappa shape index (κ2) is 10.7. The molecule has 0 aliphatic heterocycles. The van der Waals surface area contributed by atoms with E-state index in [2.05, 4.69) is 115 Å². The van der Waals surface area contributed by atoms with Crippen molar-refractivity contribution in [2.24, 2.45) is 0 Å². The van der Waals surface area contributed by atoms with Gasteiger partial charge in [-0.05, 0) is 46.2 Å². The fourth-order valence-corrected chi connectivity index (χ4v) is 8.09. The van der Waals surface area contributed by atoms with Gasteiger partial charge in [-0.25, -0.2) is 15.0 Å². The summed E-state index contributed by atoms with van der Waals surface area (Å²) in [7, 11) is 0. The molecule has 10 aromatic rings. The minimum Gasteiger partial charge on any atom is -0.456 e. The van der Waals surface area contributed by atoms with Gasteiger partial charge in [0.25, 0.3) is 0 Å². The second-order valence-electron chi connectivity index (χ2n) is 12.0. The Labute approximate surface area is 279 Å². The molecule has 0 amide bonds. The highest BCUT2D eigenvalue weighted by Gasteiger charge is 2.18. The van der Waals surface area contributed by atoms with Crippen LogP contribution in [0, 0.1) is 0 Å². The summed E-state index contributed by atoms with van der Waals surface area (Å²) in [5, 5.41) is 6.96. The molecule has 3 heterocycles. The molecule has 0 atom stereocenters. The molecule has 48 heavy (non-hydrogen) atoms. The van der Waals surface area contributed by atoms with Gasteiger partial charge in [0.05, 0.1) is 0 Å². The van der Waals surface area contributed by atoms with Gasteiger partial charge >= 0.3 is 0 Å². The van der Waals surface area contributed by atoms with E-state index < -0.39 is 0 Å². The van der Waals surface area contributed by atoms with Gasteiger partial charge in [0.2, 0.25) is 0 Å². The van der Waals surface area contributed by atoms with Gasteiger partial charge in [-0.2, -0.15) is 0 Å². The molecular weight excluding hydrogens is 607 g/mol. The number of furan rings is 1. The molecule has 0 aliphatic carbocycles. The molecule has 0 bridgehead atoms. The SMILES string of the molecule is c1ccc(-c2nc(-c3ccc4c(c3)sc3ccccc34)nc(-c3cccc4c(-c5cccc6oc7ccccc7c56)cccc34)n2)cc1. The Morgan fingerprint density at radius 3 is 1.85 bits per heavy atom. The van der Waals surface area contributed by atoms with E-state index in [1.165, 1.54) is 20.2 Å². The number of fused-ring (bicyclic) bond motifs is 7. The second-order valence-corrected chi connectivity index (χ2v) is 13.0. The van der Waals surface area contributed by atoms with Crippen LogP contribution >= 0.6 is 11.3 Å². The van der Waals surface area contributed by atoms with Crippen molar-refractivity contribution in [3.05, 3.63) is 152 Å². The van der Waals surface area contributed by atoms with Crippen molar-refractivity contribution in [2.45, 2.75) is 0 Å². The Balaban J connectivity index is 1.19. The van der Waals surface area contributed by atoms with Gasteiger partial charge in [0.15, 0.2) is 17.5 Å². The molecule has 5 heteroatoms. The molecule has 224 valence electrons. The molecule has 0 fully saturated rings. The molecule has 0 aliphatic rings. The quantitative estimate of drug-likeness (QED) is 0.194. The van der Waals surface area contributed by atoms with Crippen LogP contribution in [0.1, 0.15) is 0 Å². The molecule has 10 rings (SSSR count). The molecule has 0 saturated heterocycles. The summed E-state index contributed by atoms with van der Waals surface area (Å²) in [5.74, 6) is 1.95. The van der Waals surface area contributed by atoms with Crippen molar-refractivity contribution < 1.29 is 4.42 Å². The summed E-state index contributed by atoms with van der Waals surface area (Å²) in [6, 6.07) is 52.7. The van der Waals surface area contributed by atoms with E-state index in [1.54, 1.807) is 11.3 Å². The predicted octanol–water partition coefficient (Wildman–Crippen LogP) is 12.0. The normalized spacial score (nSPS) is 11.8. The monoisotopic (exact) mass is 631 g/mol. The number of hydrogen-bond acceptors (Lipinski definition) is 5. The van der Waals surface area contributed by atoms with Crippen LogP contribution in [0.2, 0.25) is 0 Å². The maximum absolute atomic E-state index is 6.25. The van der Waals surface area contributed by atoms with Crippen LogP contribution in [0.5, 0.6) is 0 Å². The number of benzene rings is 7. The third-order valence-corrected chi connectivity index (χ3v) is 10.3. The lowest BCUT2D eigenvalue weighted by molar-refractivity contribution is 0.669. The number of hydrogen-bond donors (Lipinski definition) is 0. The van der Waals surface area contributed by atoms with Gasteiger partial charge in [-0.3, -0.25) is 0 Å². The van der Waals surface area contributed by atoms with E-state index in [1.807, 2.05) is 36.4 Å². The van der Waals surface area contributed by atoms with Crippen LogP contribution in [0.3, 0.4) is 0 Å². The zero-order valence-electron chi connectivity index (χ0n) is 25.6. The minimum atomic E-state index is 0.644. The van der Waals surface area contributed by atoms with Gasteiger partial charge in [0, 0.05) is 47.6 Å². The molecular formula is C43H25N3OS. The lowest BCUT2D eigenvalue weighted by Gasteiger charge is -2.13. The van der Waals surface area contributed by atoms with Crippen molar-refractivity contribution >= 4 is 64.2 Å². The smallest absolute Gasteiger partial charge is 0.164 e. The van der Waals surface area contributed by atoms with E-state index in [9.17, 15) is 0 Å². The summed E-state index contributed by atoms with van der Waals surface area (Å²) in [4.78, 5) is 15.3. The van der Waals surface area contributed by atoms with Crippen LogP contribution < -0.4 is 0 Å². The lowest BCUT2D eigenvalue weighted by Crippen LogP contribution is -2.00. The van der Waals surface area contributed by atoms with Crippen molar-refractivity contribution in [2.75, 3.05) is 0 Å². The molecule has 0 unspecified atom stereocenters. The molecule has 0 radical (unpaired) electrons. The predicted molar refractivity (Wildman–Crippen MR) is 199 cm³/mol. The van der Waals surface area contributed by atoms with Crippen LogP contribution in [0.15, 0.2) is 156 Å². The van der Waals surface area contributed by atoms with Crippen LogP contribution in [-0.4, -0.2) is 15.0 Å². The first kappa shape index (κ1) is 27.0. The zero-order valence-corrected chi connectivity index (χ0v) is 26.4. The maximum atomic E-state index is 6.25. The molecule has 0 saturated carbocycles. The Morgan fingerprint density at radius 2 is 0.979 bits per heavy atom. The molecule has 0 spiro atoms. The van der Waals surface area contributed by atoms with Crippen molar-refractivity contribution in [1.29, 1.82) is 0 Å². The first-order valence-electron chi connectivity index (χ1n) is 15.9. The van der Waals surface area contributed by atoms with Gasteiger partial charge in [-0.1, -0.05) is 127 Å². The zero-order chi connectivity index (χ0) is 31.6. The fraction of sp³-hybridized carbons (Fsp3) is 0. The molecule has 3 aromatic heterocycles. The summed E-state index contributed by atoms with van der Waals surface area (Å²) in [6.07, 6.45) is 0. The largest absolute Gasteiger partial charge is 0.456 e. The van der Waals surface area contributed by atoms with Crippen molar-refractivity contribution in [3.63, 3.8) is 0 Å². The Bertz CT molecular complexity index is 2850. The topological polar surface area (TPSA) is 51.8 Å². The highest BCUT2D eigenvalue weighted by atomic mass is 32.1. The number of thiophene rings is 1. The van der Waals surface area contributed by atoms with Gasteiger partial charge in [-0.15, -0.1) is 11.3 Å². The average Bonchev–Trinajstić information content (AvgIpc) is 3.73. The number of rotatable bonds is 4. The summed E-state index contributed by atoms with van der Waals surface area (Å²) in [6.45, 7) is 0. The summed E-state index contributed by atoms with van der Waals surface area (Å²) in [5.41, 5.74) is 6.92. The summed E-state index contributed by atoms with van der Waals surface area (Å²) < 4.78 is 8.74. The van der Waals surface area contributed by atoms with Crippen LogP contribution in [0.4, 0.5) is 0 Å². The van der Waals surface area contributed by atoms with Crippen LogP contribution in [-0.2, 0) is 0 Å². The number of nitrogens with zero attached hydrogens (tertiary/aromatic N) is 3. The van der Waals surface area contributed by atoms with E-state index in [-0.39, 0.29) is 0 Å². The van der Waals surface area contributed by atoms with Crippen LogP contribution in [0.25, 0.3) is 98.2 Å².